The van der Waals surface area contributed by atoms with Crippen LogP contribution in [0.1, 0.15) is 0 Å². The van der Waals surface area contributed by atoms with E-state index in [1.165, 1.54) is 6.07 Å². The van der Waals surface area contributed by atoms with Crippen LogP contribution in [0.2, 0.25) is 0 Å². The minimum atomic E-state index is -5.07. The second-order valence-electron chi connectivity index (χ2n) is 2.31. The highest BCUT2D eigenvalue weighted by Crippen LogP contribution is 2.28. The fourth-order valence-corrected chi connectivity index (χ4v) is 2.01. The van der Waals surface area contributed by atoms with E-state index in [0.717, 1.165) is 12.1 Å². The number of nitrogens with zero attached hydrogens (tertiary/aromatic N) is 1. The van der Waals surface area contributed by atoms with Gasteiger partial charge in [0.25, 0.3) is 5.69 Å². The topological polar surface area (TPSA) is 77.3 Å². The van der Waals surface area contributed by atoms with Gasteiger partial charge in [-0.3, -0.25) is 10.1 Å². The zero-order valence-electron chi connectivity index (χ0n) is 6.48. The van der Waals surface area contributed by atoms with Crippen molar-refractivity contribution in [2.24, 2.45) is 0 Å². The summed E-state index contributed by atoms with van der Waals surface area (Å²) in [5.74, 6) is 0. The molecule has 0 radical (unpaired) electrons. The number of halogens is 2. The monoisotopic (exact) mass is 283 g/mol. The van der Waals surface area contributed by atoms with E-state index in [1.54, 1.807) is 0 Å². The van der Waals surface area contributed by atoms with Crippen LogP contribution in [0.5, 0.6) is 0 Å². The predicted molar refractivity (Wildman–Crippen MR) is 49.1 cm³/mol. The molecule has 0 unspecified atom stereocenters. The van der Waals surface area contributed by atoms with Crippen molar-refractivity contribution >= 4 is 31.8 Å². The van der Waals surface area contributed by atoms with Gasteiger partial charge in [0.2, 0.25) is 0 Å². The first kappa shape index (κ1) is 11.1. The molecule has 14 heavy (non-hydrogen) atoms. The number of rotatable bonds is 2. The third-order valence-corrected chi connectivity index (χ3v) is 2.73. The average molecular weight is 284 g/mol. The highest BCUT2D eigenvalue weighted by atomic mass is 79.9. The smallest absolute Gasteiger partial charge is 0.258 e. The van der Waals surface area contributed by atoms with Gasteiger partial charge < -0.3 is 0 Å². The van der Waals surface area contributed by atoms with Crippen molar-refractivity contribution in [2.75, 3.05) is 0 Å². The normalized spacial score (nSPS) is 11.3. The van der Waals surface area contributed by atoms with E-state index in [2.05, 4.69) is 15.9 Å². The van der Waals surface area contributed by atoms with E-state index in [9.17, 15) is 22.4 Å². The van der Waals surface area contributed by atoms with Crippen LogP contribution in [0.3, 0.4) is 0 Å². The summed E-state index contributed by atoms with van der Waals surface area (Å²) in [6.07, 6.45) is 0. The molecule has 0 spiro atoms. The molecule has 0 atom stereocenters. The largest absolute Gasteiger partial charge is 0.339 e. The first-order valence-electron chi connectivity index (χ1n) is 3.21. The molecule has 0 aromatic heterocycles. The zero-order chi connectivity index (χ0) is 10.9. The Balaban J connectivity index is 3.54. The molecule has 0 amide bonds. The summed E-state index contributed by atoms with van der Waals surface area (Å²) in [6, 6.07) is 3.01. The van der Waals surface area contributed by atoms with E-state index in [0.29, 0.717) is 0 Å². The molecule has 0 aliphatic carbocycles. The van der Waals surface area contributed by atoms with Crippen molar-refractivity contribution in [3.05, 3.63) is 32.8 Å². The molecule has 0 bridgehead atoms. The molecule has 1 aromatic carbocycles. The van der Waals surface area contributed by atoms with Crippen molar-refractivity contribution in [3.63, 3.8) is 0 Å². The molecule has 1 rings (SSSR count). The fourth-order valence-electron chi connectivity index (χ4n) is 0.834. The maximum atomic E-state index is 12.6. The standard InChI is InChI=1S/C6H3BrFNO4S/c7-4-1-2-5(9(10)11)6(3-4)14(8,12)13/h1-3H. The van der Waals surface area contributed by atoms with Gasteiger partial charge in [0.05, 0.1) is 4.92 Å². The average Bonchev–Trinajstić information content (AvgIpc) is 2.01. The zero-order valence-corrected chi connectivity index (χ0v) is 8.88. The maximum absolute atomic E-state index is 12.6. The Bertz CT molecular complexity index is 487. The van der Waals surface area contributed by atoms with Gasteiger partial charge in [-0.1, -0.05) is 15.9 Å². The van der Waals surface area contributed by atoms with Crippen LogP contribution in [0.4, 0.5) is 9.57 Å². The quantitative estimate of drug-likeness (QED) is 0.473. The van der Waals surface area contributed by atoms with Gasteiger partial charge in [0.1, 0.15) is 0 Å². The lowest BCUT2D eigenvalue weighted by atomic mass is 10.3. The third kappa shape index (κ3) is 2.26. The Labute approximate surface area is 87.0 Å². The SMILES string of the molecule is O=[N+]([O-])c1ccc(Br)cc1S(=O)(=O)F. The Kier molecular flexibility index (Phi) is 2.86. The van der Waals surface area contributed by atoms with Crippen LogP contribution in [-0.2, 0) is 10.2 Å². The molecular formula is C6H3BrFNO4S. The Morgan fingerprint density at radius 1 is 1.43 bits per heavy atom. The molecular weight excluding hydrogens is 281 g/mol. The molecule has 1 aromatic rings. The van der Waals surface area contributed by atoms with Gasteiger partial charge in [0.15, 0.2) is 4.90 Å². The first-order valence-corrected chi connectivity index (χ1v) is 5.38. The van der Waals surface area contributed by atoms with Gasteiger partial charge in [-0.05, 0) is 12.1 Å². The van der Waals surface area contributed by atoms with Gasteiger partial charge in [-0.25, -0.2) is 0 Å². The van der Waals surface area contributed by atoms with Gasteiger partial charge >= 0.3 is 10.2 Å². The lowest BCUT2D eigenvalue weighted by Crippen LogP contribution is -1.99. The molecule has 5 nitrogen and oxygen atoms in total. The van der Waals surface area contributed by atoms with Gasteiger partial charge in [0, 0.05) is 10.5 Å². The van der Waals surface area contributed by atoms with E-state index >= 15 is 0 Å². The molecule has 0 aliphatic rings. The maximum Gasteiger partial charge on any atom is 0.339 e. The van der Waals surface area contributed by atoms with Crippen LogP contribution in [0.25, 0.3) is 0 Å². The minimum Gasteiger partial charge on any atom is -0.258 e. The van der Waals surface area contributed by atoms with Crippen molar-refractivity contribution in [2.45, 2.75) is 4.90 Å². The molecule has 0 heterocycles. The number of hydrogen-bond acceptors (Lipinski definition) is 4. The highest BCUT2D eigenvalue weighted by Gasteiger charge is 2.25. The van der Waals surface area contributed by atoms with Crippen LogP contribution in [-0.4, -0.2) is 13.3 Å². The summed E-state index contributed by atoms with van der Waals surface area (Å²) in [6.45, 7) is 0. The summed E-state index contributed by atoms with van der Waals surface area (Å²) in [5, 5.41) is 10.3. The van der Waals surface area contributed by atoms with E-state index in [4.69, 9.17) is 0 Å². The van der Waals surface area contributed by atoms with Crippen molar-refractivity contribution < 1.29 is 17.2 Å². The molecule has 76 valence electrons. The number of nitro benzene ring substituents is 1. The van der Waals surface area contributed by atoms with Crippen molar-refractivity contribution in [3.8, 4) is 0 Å². The van der Waals surface area contributed by atoms with E-state index in [-0.39, 0.29) is 4.47 Å². The molecule has 0 aliphatic heterocycles. The molecule has 0 saturated heterocycles. The van der Waals surface area contributed by atoms with Gasteiger partial charge in [-0.15, -0.1) is 3.89 Å². The van der Waals surface area contributed by atoms with E-state index < -0.39 is 25.7 Å². The highest BCUT2D eigenvalue weighted by molar-refractivity contribution is 9.10. The first-order chi connectivity index (χ1) is 6.32. The lowest BCUT2D eigenvalue weighted by Gasteiger charge is -1.98. The van der Waals surface area contributed by atoms with Crippen LogP contribution in [0.15, 0.2) is 27.6 Å². The summed E-state index contributed by atoms with van der Waals surface area (Å²) >= 11 is 2.88. The van der Waals surface area contributed by atoms with Crippen LogP contribution < -0.4 is 0 Å². The van der Waals surface area contributed by atoms with Crippen LogP contribution >= 0.6 is 15.9 Å². The summed E-state index contributed by atoms with van der Waals surface area (Å²) < 4.78 is 33.9. The summed E-state index contributed by atoms with van der Waals surface area (Å²) in [7, 11) is -5.07. The van der Waals surface area contributed by atoms with Crippen LogP contribution in [0, 0.1) is 10.1 Å². The number of benzene rings is 1. The minimum absolute atomic E-state index is 0.249. The number of hydrogen-bond donors (Lipinski definition) is 0. The Morgan fingerprint density at radius 2 is 2.00 bits per heavy atom. The fraction of sp³-hybridized carbons (Fsp3) is 0. The second-order valence-corrected chi connectivity index (χ2v) is 4.54. The second kappa shape index (κ2) is 3.62. The Hall–Kier alpha value is -1.02. The van der Waals surface area contributed by atoms with Gasteiger partial charge in [-0.2, -0.15) is 8.42 Å². The Morgan fingerprint density at radius 3 is 2.43 bits per heavy atom. The van der Waals surface area contributed by atoms with Crippen molar-refractivity contribution in [1.29, 1.82) is 0 Å². The molecule has 0 fully saturated rings. The molecule has 0 saturated carbocycles. The molecule has 0 N–H and O–H groups in total. The number of nitro groups is 1. The summed E-state index contributed by atoms with van der Waals surface area (Å²) in [4.78, 5) is 8.43. The lowest BCUT2D eigenvalue weighted by molar-refractivity contribution is -0.387. The van der Waals surface area contributed by atoms with Crippen molar-refractivity contribution in [1.82, 2.24) is 0 Å². The third-order valence-electron chi connectivity index (χ3n) is 1.38. The molecule has 8 heteroatoms. The van der Waals surface area contributed by atoms with E-state index in [1.807, 2.05) is 0 Å². The predicted octanol–water partition coefficient (Wildman–Crippen LogP) is 2.02. The summed E-state index contributed by atoms with van der Waals surface area (Å²) in [5.41, 5.74) is -0.782.